The van der Waals surface area contributed by atoms with Crippen molar-refractivity contribution < 1.29 is 5.11 Å². The number of rotatable bonds is 3. The zero-order valence-electron chi connectivity index (χ0n) is 8.98. The van der Waals surface area contributed by atoms with Gasteiger partial charge in [0.2, 0.25) is 0 Å². The monoisotopic (exact) mass is 296 g/mol. The molecule has 0 spiro atoms. The van der Waals surface area contributed by atoms with Gasteiger partial charge in [0.15, 0.2) is 0 Å². The zero-order chi connectivity index (χ0) is 11.5. The van der Waals surface area contributed by atoms with Crippen molar-refractivity contribution in [2.75, 3.05) is 0 Å². The fourth-order valence-electron chi connectivity index (χ4n) is 1.63. The molecule has 0 aliphatic heterocycles. The van der Waals surface area contributed by atoms with Crippen LogP contribution in [0, 0.1) is 0 Å². The summed E-state index contributed by atoms with van der Waals surface area (Å²) in [4.78, 5) is 0.983. The van der Waals surface area contributed by atoms with Crippen LogP contribution in [-0.4, -0.2) is 5.11 Å². The molecule has 0 aliphatic rings. The van der Waals surface area contributed by atoms with E-state index in [-0.39, 0.29) is 0 Å². The highest BCUT2D eigenvalue weighted by atomic mass is 79.9. The molecule has 3 heteroatoms. The molecule has 84 valence electrons. The molecule has 1 unspecified atom stereocenters. The van der Waals surface area contributed by atoms with Gasteiger partial charge >= 0.3 is 0 Å². The Labute approximate surface area is 108 Å². The first-order valence-corrected chi connectivity index (χ1v) is 6.89. The van der Waals surface area contributed by atoms with Crippen molar-refractivity contribution in [1.82, 2.24) is 0 Å². The van der Waals surface area contributed by atoms with Crippen molar-refractivity contribution >= 4 is 27.3 Å². The van der Waals surface area contributed by atoms with Crippen molar-refractivity contribution in [2.45, 2.75) is 19.4 Å². The Morgan fingerprint density at radius 2 is 2.19 bits per heavy atom. The minimum Gasteiger partial charge on any atom is -0.383 e. The summed E-state index contributed by atoms with van der Waals surface area (Å²) in [5.41, 5.74) is 2.20. The maximum Gasteiger partial charge on any atom is 0.113 e. The summed E-state index contributed by atoms with van der Waals surface area (Å²) in [6.45, 7) is 2.12. The van der Waals surface area contributed by atoms with Crippen LogP contribution in [0.2, 0.25) is 0 Å². The summed E-state index contributed by atoms with van der Waals surface area (Å²) in [6, 6.07) is 9.98. The van der Waals surface area contributed by atoms with Crippen LogP contribution in [0.3, 0.4) is 0 Å². The van der Waals surface area contributed by atoms with Gasteiger partial charge in [-0.15, -0.1) is 11.3 Å². The molecule has 1 aromatic heterocycles. The third-order valence-electron chi connectivity index (χ3n) is 2.59. The van der Waals surface area contributed by atoms with Gasteiger partial charge < -0.3 is 5.11 Å². The number of aliphatic hydroxyl groups excluding tert-OH is 1. The molecular weight excluding hydrogens is 284 g/mol. The normalized spacial score (nSPS) is 12.7. The first kappa shape index (κ1) is 11.8. The predicted octanol–water partition coefficient (Wildman–Crippen LogP) is 4.15. The Kier molecular flexibility index (Phi) is 3.79. The van der Waals surface area contributed by atoms with E-state index >= 15 is 0 Å². The predicted molar refractivity (Wildman–Crippen MR) is 71.9 cm³/mol. The summed E-state index contributed by atoms with van der Waals surface area (Å²) >= 11 is 5.11. The maximum atomic E-state index is 10.2. The van der Waals surface area contributed by atoms with Crippen LogP contribution in [0.5, 0.6) is 0 Å². The number of aliphatic hydroxyl groups is 1. The van der Waals surface area contributed by atoms with Crippen molar-refractivity contribution in [3.63, 3.8) is 0 Å². The highest BCUT2D eigenvalue weighted by Gasteiger charge is 2.12. The molecule has 1 heterocycles. The average molecular weight is 297 g/mol. The van der Waals surface area contributed by atoms with Gasteiger partial charge in [-0.2, -0.15) is 0 Å². The largest absolute Gasteiger partial charge is 0.383 e. The molecule has 0 saturated carbocycles. The number of halogens is 1. The molecule has 0 aliphatic carbocycles. The topological polar surface area (TPSA) is 20.2 Å². The van der Waals surface area contributed by atoms with Crippen LogP contribution >= 0.6 is 27.3 Å². The van der Waals surface area contributed by atoms with Gasteiger partial charge in [0.05, 0.1) is 0 Å². The number of aryl methyl sites for hydroxylation is 1. The van der Waals surface area contributed by atoms with Crippen molar-refractivity contribution in [1.29, 1.82) is 0 Å². The first-order chi connectivity index (χ1) is 7.72. The standard InChI is InChI=1S/C13H13BrOS/c1-2-9-5-6-10(8-11(9)14)13(15)12-4-3-7-16-12/h3-8,13,15H,2H2,1H3. The van der Waals surface area contributed by atoms with E-state index in [0.717, 1.165) is 21.3 Å². The Hall–Kier alpha value is -0.640. The van der Waals surface area contributed by atoms with Crippen LogP contribution in [0.1, 0.15) is 29.0 Å². The Morgan fingerprint density at radius 1 is 1.38 bits per heavy atom. The molecule has 1 aromatic carbocycles. The van der Waals surface area contributed by atoms with E-state index in [2.05, 4.69) is 28.9 Å². The molecule has 0 saturated heterocycles. The van der Waals surface area contributed by atoms with Gasteiger partial charge in [0.1, 0.15) is 6.10 Å². The SMILES string of the molecule is CCc1ccc(C(O)c2cccs2)cc1Br. The molecule has 1 atom stereocenters. The lowest BCUT2D eigenvalue weighted by atomic mass is 10.0. The van der Waals surface area contributed by atoms with E-state index in [1.54, 1.807) is 11.3 Å². The van der Waals surface area contributed by atoms with Gasteiger partial charge in [0.25, 0.3) is 0 Å². The molecule has 1 nitrogen and oxygen atoms in total. The van der Waals surface area contributed by atoms with Gasteiger partial charge in [-0.3, -0.25) is 0 Å². The average Bonchev–Trinajstić information content (AvgIpc) is 2.81. The number of hydrogen-bond donors (Lipinski definition) is 1. The van der Waals surface area contributed by atoms with Crippen LogP contribution in [0.4, 0.5) is 0 Å². The minimum absolute atomic E-state index is 0.512. The maximum absolute atomic E-state index is 10.2. The molecule has 0 fully saturated rings. The second-order valence-electron chi connectivity index (χ2n) is 3.62. The van der Waals surface area contributed by atoms with Crippen LogP contribution in [-0.2, 0) is 6.42 Å². The molecule has 2 rings (SSSR count). The van der Waals surface area contributed by atoms with Crippen molar-refractivity contribution in [3.8, 4) is 0 Å². The fourth-order valence-corrected chi connectivity index (χ4v) is 3.04. The summed E-state index contributed by atoms with van der Waals surface area (Å²) in [5, 5.41) is 12.1. The van der Waals surface area contributed by atoms with Gasteiger partial charge in [-0.25, -0.2) is 0 Å². The van der Waals surface area contributed by atoms with Gasteiger partial charge in [0, 0.05) is 9.35 Å². The number of hydrogen-bond acceptors (Lipinski definition) is 2. The Morgan fingerprint density at radius 3 is 2.75 bits per heavy atom. The smallest absolute Gasteiger partial charge is 0.113 e. The molecule has 1 N–H and O–H groups in total. The van der Waals surface area contributed by atoms with E-state index in [4.69, 9.17) is 0 Å². The van der Waals surface area contributed by atoms with Crippen LogP contribution in [0.15, 0.2) is 40.2 Å². The van der Waals surface area contributed by atoms with E-state index in [1.165, 1.54) is 5.56 Å². The second-order valence-corrected chi connectivity index (χ2v) is 5.46. The van der Waals surface area contributed by atoms with E-state index in [9.17, 15) is 5.11 Å². The lowest BCUT2D eigenvalue weighted by Crippen LogP contribution is -1.97. The molecule has 2 aromatic rings. The molecule has 0 bridgehead atoms. The van der Waals surface area contributed by atoms with Gasteiger partial charge in [-0.05, 0) is 35.1 Å². The van der Waals surface area contributed by atoms with E-state index in [1.807, 2.05) is 29.6 Å². The highest BCUT2D eigenvalue weighted by molar-refractivity contribution is 9.10. The molecule has 16 heavy (non-hydrogen) atoms. The third-order valence-corrected chi connectivity index (χ3v) is 4.25. The minimum atomic E-state index is -0.512. The molecule has 0 amide bonds. The highest BCUT2D eigenvalue weighted by Crippen LogP contribution is 2.29. The van der Waals surface area contributed by atoms with Crippen molar-refractivity contribution in [3.05, 3.63) is 56.2 Å². The van der Waals surface area contributed by atoms with Crippen LogP contribution in [0.25, 0.3) is 0 Å². The van der Waals surface area contributed by atoms with Crippen LogP contribution < -0.4 is 0 Å². The first-order valence-electron chi connectivity index (χ1n) is 5.22. The second kappa shape index (κ2) is 5.13. The zero-order valence-corrected chi connectivity index (χ0v) is 11.4. The quantitative estimate of drug-likeness (QED) is 0.902. The lowest BCUT2D eigenvalue weighted by Gasteiger charge is -2.11. The summed E-state index contributed by atoms with van der Waals surface area (Å²) in [7, 11) is 0. The Balaban J connectivity index is 2.31. The summed E-state index contributed by atoms with van der Waals surface area (Å²) in [6.07, 6.45) is 0.484. The lowest BCUT2D eigenvalue weighted by molar-refractivity contribution is 0.224. The molecule has 0 radical (unpaired) electrons. The number of thiophene rings is 1. The third kappa shape index (κ3) is 2.37. The number of benzene rings is 1. The molecular formula is C13H13BrOS. The summed E-state index contributed by atoms with van der Waals surface area (Å²) in [5.74, 6) is 0. The fraction of sp³-hybridized carbons (Fsp3) is 0.231. The van der Waals surface area contributed by atoms with Gasteiger partial charge in [-0.1, -0.05) is 41.1 Å². The van der Waals surface area contributed by atoms with Crippen molar-refractivity contribution in [2.24, 2.45) is 0 Å². The Bertz CT molecular complexity index is 465. The van der Waals surface area contributed by atoms with E-state index in [0.29, 0.717) is 0 Å². The van der Waals surface area contributed by atoms with E-state index < -0.39 is 6.10 Å². The summed E-state index contributed by atoms with van der Waals surface area (Å²) < 4.78 is 1.07.